The lowest BCUT2D eigenvalue weighted by molar-refractivity contribution is -0.274. The number of hydrogen-bond acceptors (Lipinski definition) is 6. The van der Waals surface area contributed by atoms with Gasteiger partial charge in [-0.15, -0.1) is 38.0 Å². The summed E-state index contributed by atoms with van der Waals surface area (Å²) in [4.78, 5) is 10.4. The molecule has 180 valence electrons. The number of alkyl halides is 3. The van der Waals surface area contributed by atoms with E-state index in [0.29, 0.717) is 22.6 Å². The molecule has 0 radical (unpaired) electrons. The minimum absolute atomic E-state index is 0. The van der Waals surface area contributed by atoms with E-state index in [-0.39, 0.29) is 36.6 Å². The molecule has 0 aliphatic heterocycles. The third-order valence-electron chi connectivity index (χ3n) is 5.03. The molecule has 0 amide bonds. The molecule has 32 heavy (non-hydrogen) atoms. The van der Waals surface area contributed by atoms with Crippen molar-refractivity contribution >= 4 is 52.4 Å². The van der Waals surface area contributed by atoms with Gasteiger partial charge in [0, 0.05) is 48.8 Å². The van der Waals surface area contributed by atoms with E-state index in [0.717, 1.165) is 37.3 Å². The molecular formula is C20H27BrCl2F3N5O. The molecular weight excluding hydrogens is 534 g/mol. The van der Waals surface area contributed by atoms with Crippen molar-refractivity contribution in [1.29, 1.82) is 0 Å². The van der Waals surface area contributed by atoms with E-state index >= 15 is 0 Å². The first kappa shape index (κ1) is 28.5. The van der Waals surface area contributed by atoms with Crippen LogP contribution in [0.2, 0.25) is 0 Å². The van der Waals surface area contributed by atoms with Crippen LogP contribution in [-0.2, 0) is 6.54 Å². The van der Waals surface area contributed by atoms with Gasteiger partial charge in [-0.05, 0) is 37.8 Å². The van der Waals surface area contributed by atoms with Crippen LogP contribution in [0.25, 0.3) is 0 Å². The number of aromatic nitrogens is 2. The van der Waals surface area contributed by atoms with Gasteiger partial charge < -0.3 is 20.3 Å². The smallest absolute Gasteiger partial charge is 0.405 e. The number of anilines is 2. The van der Waals surface area contributed by atoms with Crippen molar-refractivity contribution in [2.75, 3.05) is 24.3 Å². The average Bonchev–Trinajstić information content (AvgIpc) is 2.67. The molecule has 1 heterocycles. The summed E-state index contributed by atoms with van der Waals surface area (Å²) in [5.41, 5.74) is 0.480. The fourth-order valence-electron chi connectivity index (χ4n) is 3.47. The van der Waals surface area contributed by atoms with Crippen molar-refractivity contribution in [3.63, 3.8) is 0 Å². The SMILES string of the molecule is CN(C)c1cc(NC2CCC(NCc3ccc(Br)cc3OC(F)(F)F)CC2)ncn1.Cl.Cl. The molecule has 3 rings (SSSR count). The van der Waals surface area contributed by atoms with Gasteiger partial charge in [0.15, 0.2) is 0 Å². The van der Waals surface area contributed by atoms with Gasteiger partial charge in [-0.1, -0.05) is 22.0 Å². The zero-order valence-electron chi connectivity index (χ0n) is 17.7. The summed E-state index contributed by atoms with van der Waals surface area (Å²) in [6.07, 6.45) is 0.581. The maximum absolute atomic E-state index is 12.7. The van der Waals surface area contributed by atoms with Crippen molar-refractivity contribution in [3.05, 3.63) is 40.6 Å². The molecule has 2 aromatic rings. The Morgan fingerprint density at radius 1 is 1.06 bits per heavy atom. The maximum Gasteiger partial charge on any atom is 0.573 e. The average molecular weight is 561 g/mol. The molecule has 1 aliphatic rings. The minimum Gasteiger partial charge on any atom is -0.405 e. The van der Waals surface area contributed by atoms with Gasteiger partial charge in [-0.25, -0.2) is 9.97 Å². The lowest BCUT2D eigenvalue weighted by atomic mass is 9.91. The van der Waals surface area contributed by atoms with E-state index in [9.17, 15) is 13.2 Å². The molecule has 6 nitrogen and oxygen atoms in total. The molecule has 1 aromatic carbocycles. The molecule has 12 heteroatoms. The highest BCUT2D eigenvalue weighted by Crippen LogP contribution is 2.30. The second-order valence-electron chi connectivity index (χ2n) is 7.53. The fourth-order valence-corrected chi connectivity index (χ4v) is 3.81. The molecule has 0 saturated heterocycles. The molecule has 1 fully saturated rings. The first-order valence-corrected chi connectivity index (χ1v) is 10.5. The van der Waals surface area contributed by atoms with Gasteiger partial charge >= 0.3 is 6.36 Å². The van der Waals surface area contributed by atoms with Crippen molar-refractivity contribution in [1.82, 2.24) is 15.3 Å². The number of ether oxygens (including phenoxy) is 1. The summed E-state index contributed by atoms with van der Waals surface area (Å²) in [7, 11) is 3.86. The molecule has 1 saturated carbocycles. The summed E-state index contributed by atoms with van der Waals surface area (Å²) < 4.78 is 42.7. The van der Waals surface area contributed by atoms with E-state index in [4.69, 9.17) is 0 Å². The lowest BCUT2D eigenvalue weighted by Gasteiger charge is -2.30. The Balaban J connectivity index is 0.00000256. The van der Waals surface area contributed by atoms with Crippen molar-refractivity contribution in [2.24, 2.45) is 0 Å². The molecule has 0 atom stereocenters. The van der Waals surface area contributed by atoms with Crippen LogP contribution >= 0.6 is 40.7 Å². The standard InChI is InChI=1S/C20H25BrF3N5O.2ClH/c1-29(2)19-10-18(26-12-27-19)28-16-7-5-15(6-8-16)25-11-13-3-4-14(21)9-17(13)30-20(22,23)24;;/h3-4,9-10,12,15-16,25H,5-8,11H2,1-2H3,(H,26,27,28);2*1H. The quantitative estimate of drug-likeness (QED) is 0.462. The molecule has 0 unspecified atom stereocenters. The van der Waals surface area contributed by atoms with Crippen LogP contribution < -0.4 is 20.3 Å². The van der Waals surface area contributed by atoms with E-state index in [1.54, 1.807) is 18.5 Å². The van der Waals surface area contributed by atoms with Crippen LogP contribution in [0.5, 0.6) is 5.75 Å². The zero-order chi connectivity index (χ0) is 21.7. The minimum atomic E-state index is -4.72. The topological polar surface area (TPSA) is 62.3 Å². The summed E-state index contributed by atoms with van der Waals surface area (Å²) in [6.45, 7) is 0.319. The fraction of sp³-hybridized carbons (Fsp3) is 0.500. The predicted octanol–water partition coefficient (Wildman–Crippen LogP) is 5.56. The normalized spacial score (nSPS) is 18.2. The van der Waals surface area contributed by atoms with E-state index in [2.05, 4.69) is 41.3 Å². The van der Waals surface area contributed by atoms with Crippen LogP contribution in [0.4, 0.5) is 24.8 Å². The van der Waals surface area contributed by atoms with Crippen LogP contribution in [0.3, 0.4) is 0 Å². The number of nitrogens with one attached hydrogen (secondary N) is 2. The Hall–Kier alpha value is -1.49. The van der Waals surface area contributed by atoms with Gasteiger partial charge in [-0.3, -0.25) is 0 Å². The van der Waals surface area contributed by atoms with Crippen LogP contribution in [-0.4, -0.2) is 42.5 Å². The molecule has 1 aliphatic carbocycles. The zero-order valence-corrected chi connectivity index (χ0v) is 20.9. The number of halogens is 6. The lowest BCUT2D eigenvalue weighted by Crippen LogP contribution is -2.37. The highest BCUT2D eigenvalue weighted by molar-refractivity contribution is 9.10. The first-order valence-electron chi connectivity index (χ1n) is 9.73. The largest absolute Gasteiger partial charge is 0.573 e. The van der Waals surface area contributed by atoms with Crippen LogP contribution in [0, 0.1) is 0 Å². The Morgan fingerprint density at radius 3 is 2.34 bits per heavy atom. The second kappa shape index (κ2) is 12.7. The number of nitrogens with zero attached hydrogens (tertiary/aromatic N) is 3. The van der Waals surface area contributed by atoms with Crippen LogP contribution in [0.1, 0.15) is 31.2 Å². The van der Waals surface area contributed by atoms with Gasteiger partial charge in [0.1, 0.15) is 23.7 Å². The van der Waals surface area contributed by atoms with E-state index in [1.165, 1.54) is 6.07 Å². The second-order valence-corrected chi connectivity index (χ2v) is 8.45. The molecule has 0 spiro atoms. The van der Waals surface area contributed by atoms with E-state index in [1.807, 2.05) is 25.1 Å². The first-order chi connectivity index (χ1) is 14.2. The van der Waals surface area contributed by atoms with Gasteiger partial charge in [0.2, 0.25) is 0 Å². The summed E-state index contributed by atoms with van der Waals surface area (Å²) in [6, 6.07) is 7.17. The van der Waals surface area contributed by atoms with Crippen molar-refractivity contribution < 1.29 is 17.9 Å². The van der Waals surface area contributed by atoms with Crippen LogP contribution in [0.15, 0.2) is 35.1 Å². The maximum atomic E-state index is 12.7. The van der Waals surface area contributed by atoms with Gasteiger partial charge in [0.25, 0.3) is 0 Å². The summed E-state index contributed by atoms with van der Waals surface area (Å²) in [5, 5.41) is 6.83. The van der Waals surface area contributed by atoms with Gasteiger partial charge in [-0.2, -0.15) is 0 Å². The van der Waals surface area contributed by atoms with Crippen molar-refractivity contribution in [2.45, 2.75) is 50.7 Å². The van der Waals surface area contributed by atoms with Crippen molar-refractivity contribution in [3.8, 4) is 5.75 Å². The summed E-state index contributed by atoms with van der Waals surface area (Å²) >= 11 is 3.19. The third kappa shape index (κ3) is 8.80. The highest BCUT2D eigenvalue weighted by Gasteiger charge is 2.32. The number of benzene rings is 1. The summed E-state index contributed by atoms with van der Waals surface area (Å²) in [5.74, 6) is 1.46. The molecule has 1 aromatic heterocycles. The molecule has 0 bridgehead atoms. The Bertz CT molecular complexity index is 852. The number of hydrogen-bond donors (Lipinski definition) is 2. The third-order valence-corrected chi connectivity index (χ3v) is 5.52. The van der Waals surface area contributed by atoms with E-state index < -0.39 is 6.36 Å². The Labute approximate surface area is 206 Å². The monoisotopic (exact) mass is 559 g/mol. The molecule has 2 N–H and O–H groups in total. The predicted molar refractivity (Wildman–Crippen MR) is 128 cm³/mol. The highest BCUT2D eigenvalue weighted by atomic mass is 79.9. The number of rotatable bonds is 7. The Kier molecular flexibility index (Phi) is 11.3. The van der Waals surface area contributed by atoms with Gasteiger partial charge in [0.05, 0.1) is 0 Å². The Morgan fingerprint density at radius 2 is 1.72 bits per heavy atom.